The number of carbonyl (C=O) groups is 2. The second kappa shape index (κ2) is 5.78. The Bertz CT molecular complexity index is 879. The molecular formula is C15H16N2O5S. The number of amides is 1. The van der Waals surface area contributed by atoms with Crippen molar-refractivity contribution >= 4 is 33.1 Å². The van der Waals surface area contributed by atoms with E-state index in [9.17, 15) is 18.0 Å². The second-order valence-electron chi connectivity index (χ2n) is 5.40. The molecule has 3 rings (SSSR count). The number of morpholine rings is 1. The van der Waals surface area contributed by atoms with E-state index in [-0.39, 0.29) is 11.5 Å². The van der Waals surface area contributed by atoms with Crippen LogP contribution in [0.1, 0.15) is 20.7 Å². The summed E-state index contributed by atoms with van der Waals surface area (Å²) in [6.45, 7) is 2.03. The Morgan fingerprint density at radius 3 is 2.57 bits per heavy atom. The summed E-state index contributed by atoms with van der Waals surface area (Å²) >= 11 is 0. The Labute approximate surface area is 133 Å². The van der Waals surface area contributed by atoms with Gasteiger partial charge in [-0.2, -0.15) is 0 Å². The number of carbonyl (C=O) groups excluding carboxylic acids is 2. The molecule has 1 fully saturated rings. The van der Waals surface area contributed by atoms with Crippen molar-refractivity contribution in [1.29, 1.82) is 0 Å². The molecule has 0 N–H and O–H groups in total. The fourth-order valence-corrected chi connectivity index (χ4v) is 3.50. The van der Waals surface area contributed by atoms with Gasteiger partial charge in [-0.1, -0.05) is 0 Å². The molecule has 0 saturated carbocycles. The normalized spacial score (nSPS) is 15.8. The lowest BCUT2D eigenvalue weighted by molar-refractivity contribution is 0.0303. The Kier molecular flexibility index (Phi) is 3.95. The maximum absolute atomic E-state index is 12.5. The summed E-state index contributed by atoms with van der Waals surface area (Å²) in [4.78, 5) is 25.4. The first-order valence-electron chi connectivity index (χ1n) is 7.09. The first-order chi connectivity index (χ1) is 10.9. The van der Waals surface area contributed by atoms with Gasteiger partial charge in [-0.05, 0) is 18.2 Å². The van der Waals surface area contributed by atoms with Gasteiger partial charge in [-0.25, -0.2) is 12.4 Å². The first kappa shape index (κ1) is 15.7. The fourth-order valence-electron chi connectivity index (χ4n) is 2.68. The van der Waals surface area contributed by atoms with E-state index in [0.717, 1.165) is 10.2 Å². The van der Waals surface area contributed by atoms with Crippen molar-refractivity contribution in [1.82, 2.24) is 8.87 Å². The van der Waals surface area contributed by atoms with Gasteiger partial charge in [0.15, 0.2) is 6.29 Å². The Morgan fingerprint density at radius 1 is 1.26 bits per heavy atom. The smallest absolute Gasteiger partial charge is 0.254 e. The van der Waals surface area contributed by atoms with Crippen molar-refractivity contribution in [3.63, 3.8) is 0 Å². The highest BCUT2D eigenvalue weighted by Gasteiger charge is 2.21. The molecule has 0 bridgehead atoms. The van der Waals surface area contributed by atoms with Crippen LogP contribution in [0.5, 0.6) is 0 Å². The van der Waals surface area contributed by atoms with Crippen LogP contribution >= 0.6 is 0 Å². The topological polar surface area (TPSA) is 85.7 Å². The predicted molar refractivity (Wildman–Crippen MR) is 84.3 cm³/mol. The number of fused-ring (bicyclic) bond motifs is 1. The number of hydrogen-bond acceptors (Lipinski definition) is 5. The molecule has 8 heteroatoms. The van der Waals surface area contributed by atoms with Crippen LogP contribution in [-0.4, -0.2) is 62.0 Å². The lowest BCUT2D eigenvalue weighted by atomic mass is 10.1. The van der Waals surface area contributed by atoms with E-state index < -0.39 is 10.0 Å². The van der Waals surface area contributed by atoms with Gasteiger partial charge in [0, 0.05) is 35.8 Å². The average Bonchev–Trinajstić information content (AvgIpc) is 2.93. The highest BCUT2D eigenvalue weighted by molar-refractivity contribution is 7.89. The van der Waals surface area contributed by atoms with Crippen LogP contribution in [0.25, 0.3) is 10.9 Å². The van der Waals surface area contributed by atoms with E-state index in [2.05, 4.69) is 0 Å². The van der Waals surface area contributed by atoms with E-state index >= 15 is 0 Å². The molecule has 0 spiro atoms. The Balaban J connectivity index is 2.08. The second-order valence-corrected chi connectivity index (χ2v) is 7.26. The van der Waals surface area contributed by atoms with E-state index in [4.69, 9.17) is 4.74 Å². The van der Waals surface area contributed by atoms with Crippen molar-refractivity contribution in [2.24, 2.45) is 0 Å². The van der Waals surface area contributed by atoms with Crippen LogP contribution in [0, 0.1) is 0 Å². The van der Waals surface area contributed by atoms with Gasteiger partial charge in [0.25, 0.3) is 5.91 Å². The van der Waals surface area contributed by atoms with Gasteiger partial charge in [-0.15, -0.1) is 0 Å². The number of ether oxygens (including phenoxy) is 1. The van der Waals surface area contributed by atoms with Crippen molar-refractivity contribution in [2.75, 3.05) is 32.6 Å². The fraction of sp³-hybridized carbons (Fsp3) is 0.333. The monoisotopic (exact) mass is 336 g/mol. The summed E-state index contributed by atoms with van der Waals surface area (Å²) in [5.74, 6) is -0.154. The summed E-state index contributed by atoms with van der Waals surface area (Å²) in [5.41, 5.74) is 1.05. The van der Waals surface area contributed by atoms with Gasteiger partial charge in [0.1, 0.15) is 0 Å². The molecule has 0 unspecified atom stereocenters. The van der Waals surface area contributed by atoms with Crippen molar-refractivity contribution < 1.29 is 22.7 Å². The minimum atomic E-state index is -3.53. The summed E-state index contributed by atoms with van der Waals surface area (Å²) in [5, 5.41) is 0.449. The van der Waals surface area contributed by atoms with Gasteiger partial charge in [0.05, 0.1) is 25.0 Å². The average molecular weight is 336 g/mol. The third-order valence-electron chi connectivity index (χ3n) is 3.83. The highest BCUT2D eigenvalue weighted by atomic mass is 32.2. The lowest BCUT2D eigenvalue weighted by Gasteiger charge is -2.26. The minimum Gasteiger partial charge on any atom is -0.378 e. The maximum Gasteiger partial charge on any atom is 0.254 e. The number of benzene rings is 1. The van der Waals surface area contributed by atoms with Crippen molar-refractivity contribution in [2.45, 2.75) is 0 Å². The molecule has 2 heterocycles. The molecule has 2 aromatic rings. The Morgan fingerprint density at radius 2 is 1.96 bits per heavy atom. The van der Waals surface area contributed by atoms with Crippen LogP contribution in [-0.2, 0) is 14.8 Å². The molecule has 7 nitrogen and oxygen atoms in total. The van der Waals surface area contributed by atoms with Crippen LogP contribution in [0.2, 0.25) is 0 Å². The standard InChI is InChI=1S/C15H16N2O5S/c1-23(20,21)17-9-12(10-18)13-8-11(2-3-14(13)17)15(19)16-4-6-22-7-5-16/h2-3,8-10H,4-7H2,1H3. The van der Waals surface area contributed by atoms with E-state index in [1.165, 1.54) is 6.20 Å². The van der Waals surface area contributed by atoms with Crippen molar-refractivity contribution in [3.05, 3.63) is 35.5 Å². The molecular weight excluding hydrogens is 320 g/mol. The summed E-state index contributed by atoms with van der Waals surface area (Å²) in [6, 6.07) is 4.70. The van der Waals surface area contributed by atoms with Crippen LogP contribution in [0.3, 0.4) is 0 Å². The molecule has 1 aliphatic rings. The van der Waals surface area contributed by atoms with Crippen molar-refractivity contribution in [3.8, 4) is 0 Å². The zero-order chi connectivity index (χ0) is 16.6. The summed E-state index contributed by atoms with van der Waals surface area (Å²) in [7, 11) is -3.53. The SMILES string of the molecule is CS(=O)(=O)n1cc(C=O)c2cc(C(=O)N3CCOCC3)ccc21. The predicted octanol–water partition coefficient (Wildman–Crippen LogP) is 0.734. The molecule has 23 heavy (non-hydrogen) atoms. The Hall–Kier alpha value is -2.19. The number of nitrogens with zero attached hydrogens (tertiary/aromatic N) is 2. The largest absolute Gasteiger partial charge is 0.378 e. The number of aromatic nitrogens is 1. The third-order valence-corrected chi connectivity index (χ3v) is 4.85. The first-order valence-corrected chi connectivity index (χ1v) is 8.94. The lowest BCUT2D eigenvalue weighted by Crippen LogP contribution is -2.40. The van der Waals surface area contributed by atoms with Crippen LogP contribution in [0.4, 0.5) is 0 Å². The van der Waals surface area contributed by atoms with Crippen LogP contribution in [0.15, 0.2) is 24.4 Å². The molecule has 0 aliphatic carbocycles. The molecule has 1 saturated heterocycles. The minimum absolute atomic E-state index is 0.154. The number of aldehydes is 1. The third kappa shape index (κ3) is 2.87. The molecule has 122 valence electrons. The van der Waals surface area contributed by atoms with Gasteiger partial charge >= 0.3 is 0 Å². The van der Waals surface area contributed by atoms with E-state index in [0.29, 0.717) is 49.1 Å². The van der Waals surface area contributed by atoms with Crippen LogP contribution < -0.4 is 0 Å². The summed E-state index contributed by atoms with van der Waals surface area (Å²) < 4.78 is 29.9. The van der Waals surface area contributed by atoms with Gasteiger partial charge in [0.2, 0.25) is 10.0 Å². The molecule has 1 aromatic heterocycles. The van der Waals surface area contributed by atoms with E-state index in [1.54, 1.807) is 23.1 Å². The van der Waals surface area contributed by atoms with Gasteiger partial charge < -0.3 is 9.64 Å². The molecule has 0 radical (unpaired) electrons. The van der Waals surface area contributed by atoms with E-state index in [1.807, 2.05) is 0 Å². The zero-order valence-electron chi connectivity index (χ0n) is 12.6. The molecule has 0 atom stereocenters. The zero-order valence-corrected chi connectivity index (χ0v) is 13.4. The van der Waals surface area contributed by atoms with Gasteiger partial charge in [-0.3, -0.25) is 9.59 Å². The molecule has 1 aliphatic heterocycles. The number of hydrogen-bond donors (Lipinski definition) is 0. The maximum atomic E-state index is 12.5. The summed E-state index contributed by atoms with van der Waals surface area (Å²) in [6.07, 6.45) is 2.93. The highest BCUT2D eigenvalue weighted by Crippen LogP contribution is 2.24. The number of rotatable bonds is 3. The molecule has 1 aromatic carbocycles. The molecule has 1 amide bonds. The quantitative estimate of drug-likeness (QED) is 0.772.